The number of rotatable bonds is 3. The molecule has 0 N–H and O–H groups in total. The molecule has 3 aromatic rings. The molecule has 0 aliphatic heterocycles. The minimum Gasteiger partial charge on any atom is -0.483 e. The Morgan fingerprint density at radius 3 is 2.67 bits per heavy atom. The van der Waals surface area contributed by atoms with E-state index >= 15 is 0 Å². The molecule has 2 aromatic carbocycles. The van der Waals surface area contributed by atoms with Crippen molar-refractivity contribution in [3.8, 4) is 5.75 Å². The molecule has 0 fully saturated rings. The van der Waals surface area contributed by atoms with Crippen LogP contribution in [0.1, 0.15) is 5.89 Å². The molecule has 90 valence electrons. The highest BCUT2D eigenvalue weighted by Crippen LogP contribution is 2.25. The molecule has 18 heavy (non-hydrogen) atoms. The topological polar surface area (TPSA) is 35.3 Å². The molecular weight excluding hydrogens is 294 g/mol. The quantitative estimate of drug-likeness (QED) is 0.728. The molecule has 3 nitrogen and oxygen atoms in total. The SMILES string of the molecule is Brc1ccccc1OCc1nc2ccccc2o1. The van der Waals surface area contributed by atoms with E-state index in [0.29, 0.717) is 12.5 Å². The van der Waals surface area contributed by atoms with Crippen LogP contribution in [0.2, 0.25) is 0 Å². The first-order valence-electron chi connectivity index (χ1n) is 5.55. The van der Waals surface area contributed by atoms with E-state index in [1.165, 1.54) is 0 Å². The summed E-state index contributed by atoms with van der Waals surface area (Å²) in [5.41, 5.74) is 1.63. The first-order chi connectivity index (χ1) is 8.83. The van der Waals surface area contributed by atoms with Gasteiger partial charge in [0.15, 0.2) is 12.2 Å². The highest BCUT2D eigenvalue weighted by Gasteiger charge is 2.06. The molecule has 0 radical (unpaired) electrons. The van der Waals surface area contributed by atoms with Crippen LogP contribution in [-0.2, 0) is 6.61 Å². The minimum absolute atomic E-state index is 0.317. The third-order valence-corrected chi connectivity index (χ3v) is 3.18. The lowest BCUT2D eigenvalue weighted by Gasteiger charge is -2.04. The van der Waals surface area contributed by atoms with E-state index in [2.05, 4.69) is 20.9 Å². The predicted molar refractivity (Wildman–Crippen MR) is 72.5 cm³/mol. The van der Waals surface area contributed by atoms with Gasteiger partial charge >= 0.3 is 0 Å². The van der Waals surface area contributed by atoms with Gasteiger partial charge in [-0.15, -0.1) is 0 Å². The van der Waals surface area contributed by atoms with Crippen molar-refractivity contribution in [2.75, 3.05) is 0 Å². The Bertz CT molecular complexity index is 645. The number of oxazole rings is 1. The van der Waals surface area contributed by atoms with Crippen molar-refractivity contribution in [3.05, 3.63) is 58.9 Å². The van der Waals surface area contributed by atoms with Gasteiger partial charge < -0.3 is 9.15 Å². The van der Waals surface area contributed by atoms with Crippen LogP contribution in [0, 0.1) is 0 Å². The third-order valence-electron chi connectivity index (χ3n) is 2.53. The normalized spacial score (nSPS) is 10.7. The van der Waals surface area contributed by atoms with Crippen LogP contribution < -0.4 is 4.74 Å². The zero-order valence-electron chi connectivity index (χ0n) is 9.47. The standard InChI is InChI=1S/C14H10BrNO2/c15-10-5-1-3-7-12(10)17-9-14-16-11-6-2-4-8-13(11)18-14/h1-8H,9H2. The summed E-state index contributed by atoms with van der Waals surface area (Å²) in [6, 6.07) is 15.4. The van der Waals surface area contributed by atoms with Gasteiger partial charge in [0, 0.05) is 0 Å². The number of aromatic nitrogens is 1. The molecule has 0 bridgehead atoms. The van der Waals surface area contributed by atoms with Crippen molar-refractivity contribution in [1.82, 2.24) is 4.98 Å². The van der Waals surface area contributed by atoms with Crippen LogP contribution in [0.15, 0.2) is 57.4 Å². The Hall–Kier alpha value is -1.81. The van der Waals surface area contributed by atoms with Crippen LogP contribution in [0.5, 0.6) is 5.75 Å². The summed E-state index contributed by atoms with van der Waals surface area (Å²) < 4.78 is 12.1. The van der Waals surface area contributed by atoms with Gasteiger partial charge in [0.05, 0.1) is 4.47 Å². The molecule has 0 atom stereocenters. The number of hydrogen-bond donors (Lipinski definition) is 0. The van der Waals surface area contributed by atoms with Crippen LogP contribution in [-0.4, -0.2) is 4.98 Å². The highest BCUT2D eigenvalue weighted by molar-refractivity contribution is 9.10. The lowest BCUT2D eigenvalue weighted by atomic mass is 10.3. The van der Waals surface area contributed by atoms with Crippen LogP contribution >= 0.6 is 15.9 Å². The zero-order valence-corrected chi connectivity index (χ0v) is 11.1. The number of fused-ring (bicyclic) bond motifs is 1. The fourth-order valence-electron chi connectivity index (χ4n) is 1.68. The molecule has 0 saturated carbocycles. The Balaban J connectivity index is 1.79. The first-order valence-corrected chi connectivity index (χ1v) is 6.34. The van der Waals surface area contributed by atoms with E-state index in [-0.39, 0.29) is 0 Å². The Morgan fingerprint density at radius 1 is 1.06 bits per heavy atom. The van der Waals surface area contributed by atoms with Crippen LogP contribution in [0.4, 0.5) is 0 Å². The van der Waals surface area contributed by atoms with E-state index in [0.717, 1.165) is 21.3 Å². The predicted octanol–water partition coefficient (Wildman–Crippen LogP) is 4.17. The van der Waals surface area contributed by atoms with E-state index < -0.39 is 0 Å². The van der Waals surface area contributed by atoms with Gasteiger partial charge in [0.25, 0.3) is 0 Å². The summed E-state index contributed by atoms with van der Waals surface area (Å²) in [5.74, 6) is 1.35. The second-order valence-corrected chi connectivity index (χ2v) is 4.65. The van der Waals surface area contributed by atoms with Crippen molar-refractivity contribution in [2.24, 2.45) is 0 Å². The Labute approximate surface area is 113 Å². The monoisotopic (exact) mass is 303 g/mol. The van der Waals surface area contributed by atoms with Gasteiger partial charge in [-0.2, -0.15) is 0 Å². The van der Waals surface area contributed by atoms with E-state index in [1.54, 1.807) is 0 Å². The third kappa shape index (κ3) is 2.24. The number of benzene rings is 2. The molecule has 0 spiro atoms. The lowest BCUT2D eigenvalue weighted by Crippen LogP contribution is -1.95. The number of para-hydroxylation sites is 3. The lowest BCUT2D eigenvalue weighted by molar-refractivity contribution is 0.265. The highest BCUT2D eigenvalue weighted by atomic mass is 79.9. The molecule has 1 heterocycles. The van der Waals surface area contributed by atoms with Crippen molar-refractivity contribution in [3.63, 3.8) is 0 Å². The molecule has 0 amide bonds. The number of hydrogen-bond acceptors (Lipinski definition) is 3. The molecule has 1 aromatic heterocycles. The van der Waals surface area contributed by atoms with E-state index in [9.17, 15) is 0 Å². The summed E-state index contributed by atoms with van der Waals surface area (Å²) in [5, 5.41) is 0. The van der Waals surface area contributed by atoms with Crippen molar-refractivity contribution < 1.29 is 9.15 Å². The van der Waals surface area contributed by atoms with E-state index in [4.69, 9.17) is 9.15 Å². The van der Waals surface area contributed by atoms with Crippen molar-refractivity contribution in [2.45, 2.75) is 6.61 Å². The van der Waals surface area contributed by atoms with Gasteiger partial charge in [-0.3, -0.25) is 0 Å². The van der Waals surface area contributed by atoms with Gasteiger partial charge in [0.2, 0.25) is 5.89 Å². The molecule has 0 aliphatic rings. The summed E-state index contributed by atoms with van der Waals surface area (Å²) in [7, 11) is 0. The van der Waals surface area contributed by atoms with Gasteiger partial charge in [-0.05, 0) is 40.2 Å². The van der Waals surface area contributed by atoms with E-state index in [1.807, 2.05) is 48.5 Å². The fourth-order valence-corrected chi connectivity index (χ4v) is 2.08. The van der Waals surface area contributed by atoms with Gasteiger partial charge in [-0.25, -0.2) is 4.98 Å². The fraction of sp³-hybridized carbons (Fsp3) is 0.0714. The summed E-state index contributed by atoms with van der Waals surface area (Å²) in [4.78, 5) is 4.35. The average molecular weight is 304 g/mol. The largest absolute Gasteiger partial charge is 0.483 e. The second-order valence-electron chi connectivity index (χ2n) is 3.79. The number of halogens is 1. The van der Waals surface area contributed by atoms with Crippen molar-refractivity contribution in [1.29, 1.82) is 0 Å². The number of nitrogens with zero attached hydrogens (tertiary/aromatic N) is 1. The summed E-state index contributed by atoms with van der Waals surface area (Å²) >= 11 is 3.43. The van der Waals surface area contributed by atoms with Gasteiger partial charge in [0.1, 0.15) is 11.3 Å². The molecular formula is C14H10BrNO2. The number of ether oxygens (including phenoxy) is 1. The van der Waals surface area contributed by atoms with Gasteiger partial charge in [-0.1, -0.05) is 24.3 Å². The molecule has 0 aliphatic carbocycles. The molecule has 4 heteroatoms. The van der Waals surface area contributed by atoms with Crippen LogP contribution in [0.3, 0.4) is 0 Å². The first kappa shape index (κ1) is 11.3. The van der Waals surface area contributed by atoms with Crippen LogP contribution in [0.25, 0.3) is 11.1 Å². The average Bonchev–Trinajstić information content (AvgIpc) is 2.80. The Morgan fingerprint density at radius 2 is 1.83 bits per heavy atom. The van der Waals surface area contributed by atoms with Crippen molar-refractivity contribution >= 4 is 27.0 Å². The maximum absolute atomic E-state index is 5.65. The Kier molecular flexibility index (Phi) is 3.02. The second kappa shape index (κ2) is 4.82. The zero-order chi connectivity index (χ0) is 12.4. The summed E-state index contributed by atoms with van der Waals surface area (Å²) in [6.45, 7) is 0.317. The molecule has 3 rings (SSSR count). The smallest absolute Gasteiger partial charge is 0.233 e. The maximum atomic E-state index is 5.65. The minimum atomic E-state index is 0.317. The summed E-state index contributed by atoms with van der Waals surface area (Å²) in [6.07, 6.45) is 0. The molecule has 0 unspecified atom stereocenters. The molecule has 0 saturated heterocycles. The maximum Gasteiger partial charge on any atom is 0.233 e.